The number of hydrazine groups is 1. The van der Waals surface area contributed by atoms with Crippen molar-refractivity contribution in [3.05, 3.63) is 18.2 Å². The summed E-state index contributed by atoms with van der Waals surface area (Å²) in [4.78, 5) is 13.6. The maximum Gasteiger partial charge on any atom is 0.573 e. The summed E-state index contributed by atoms with van der Waals surface area (Å²) < 4.78 is 47.7. The highest BCUT2D eigenvalue weighted by Gasteiger charge is 2.62. The number of carbonyl (C=O) groups is 1. The number of nitrogen functional groups attached to an aromatic ring is 1. The van der Waals surface area contributed by atoms with Crippen LogP contribution in [0.4, 0.5) is 24.5 Å². The van der Waals surface area contributed by atoms with Gasteiger partial charge in [0.15, 0.2) is 5.78 Å². The minimum absolute atomic E-state index is 0.0116. The number of ether oxygens (including phenoxy) is 2. The number of carbonyl (C=O) groups excluding carboxylic acids is 1. The molecule has 0 aliphatic heterocycles. The molecule has 0 aromatic heterocycles. The minimum Gasteiger partial charge on any atom is -0.406 e. The largest absolute Gasteiger partial charge is 0.573 e. The van der Waals surface area contributed by atoms with Crippen molar-refractivity contribution < 1.29 is 27.4 Å². The molecule has 0 bridgehead atoms. The number of fused-ring (bicyclic) bond motifs is 5. The quantitative estimate of drug-likeness (QED) is 0.244. The van der Waals surface area contributed by atoms with Crippen LogP contribution in [-0.4, -0.2) is 32.4 Å². The Morgan fingerprint density at radius 3 is 2.59 bits per heavy atom. The van der Waals surface area contributed by atoms with Crippen molar-refractivity contribution in [2.45, 2.75) is 78.0 Å². The lowest BCUT2D eigenvalue weighted by molar-refractivity contribution is -0.274. The maximum atomic E-state index is 13.6. The van der Waals surface area contributed by atoms with E-state index in [1.807, 2.05) is 7.11 Å². The Morgan fingerprint density at radius 1 is 1.08 bits per heavy atom. The van der Waals surface area contributed by atoms with Gasteiger partial charge in [0, 0.05) is 19.1 Å². The SMILES string of the molecule is COCC12CCC(C)CC1CCC1C3CCC(C(=O)CNc4ccc(OC(F)(F)F)cc4NN)C3(C)CCC12. The van der Waals surface area contributed by atoms with E-state index in [4.69, 9.17) is 10.6 Å². The average molecular weight is 552 g/mol. The van der Waals surface area contributed by atoms with Crippen molar-refractivity contribution in [3.8, 4) is 5.75 Å². The number of anilines is 2. The summed E-state index contributed by atoms with van der Waals surface area (Å²) in [5.41, 5.74) is 3.40. The molecule has 8 atom stereocenters. The van der Waals surface area contributed by atoms with E-state index in [0.717, 1.165) is 37.7 Å². The Balaban J connectivity index is 1.27. The molecule has 39 heavy (non-hydrogen) atoms. The number of ketones is 1. The normalized spacial score (nSPS) is 37.8. The Kier molecular flexibility index (Phi) is 7.88. The highest BCUT2D eigenvalue weighted by molar-refractivity contribution is 5.87. The number of nitrogens with two attached hydrogens (primary N) is 1. The van der Waals surface area contributed by atoms with Crippen LogP contribution in [-0.2, 0) is 9.53 Å². The zero-order valence-corrected chi connectivity index (χ0v) is 23.4. The van der Waals surface area contributed by atoms with Crippen molar-refractivity contribution in [2.75, 3.05) is 31.0 Å². The first-order chi connectivity index (χ1) is 18.5. The molecule has 4 aliphatic rings. The second-order valence-electron chi connectivity index (χ2n) is 13.1. The van der Waals surface area contributed by atoms with E-state index in [0.29, 0.717) is 28.9 Å². The van der Waals surface area contributed by atoms with Crippen LogP contribution in [0.2, 0.25) is 0 Å². The van der Waals surface area contributed by atoms with Crippen LogP contribution in [0.15, 0.2) is 18.2 Å². The molecular formula is C30H44F3N3O3. The molecule has 5 rings (SSSR count). The van der Waals surface area contributed by atoms with Crippen molar-refractivity contribution in [3.63, 3.8) is 0 Å². The summed E-state index contributed by atoms with van der Waals surface area (Å²) in [7, 11) is 1.86. The van der Waals surface area contributed by atoms with Gasteiger partial charge < -0.3 is 20.2 Å². The number of nitrogens with one attached hydrogen (secondary N) is 2. The van der Waals surface area contributed by atoms with Crippen LogP contribution in [0.3, 0.4) is 0 Å². The van der Waals surface area contributed by atoms with Crippen molar-refractivity contribution in [1.82, 2.24) is 0 Å². The first-order valence-corrected chi connectivity index (χ1v) is 14.6. The number of methoxy groups -OCH3 is 1. The smallest absolute Gasteiger partial charge is 0.406 e. The minimum atomic E-state index is -4.79. The summed E-state index contributed by atoms with van der Waals surface area (Å²) in [6.45, 7) is 5.73. The van der Waals surface area contributed by atoms with Crippen molar-refractivity contribution in [1.29, 1.82) is 0 Å². The van der Waals surface area contributed by atoms with Gasteiger partial charge in [-0.3, -0.25) is 10.6 Å². The van der Waals surface area contributed by atoms with Crippen LogP contribution in [0.25, 0.3) is 0 Å². The summed E-state index contributed by atoms with van der Waals surface area (Å²) in [5.74, 6) is 8.79. The Labute approximate surface area is 229 Å². The molecule has 9 heteroatoms. The highest BCUT2D eigenvalue weighted by atomic mass is 19.4. The molecule has 6 nitrogen and oxygen atoms in total. The molecule has 1 aromatic rings. The second kappa shape index (κ2) is 10.8. The Bertz CT molecular complexity index is 1050. The fraction of sp³-hybridized carbons (Fsp3) is 0.767. The molecule has 0 saturated heterocycles. The topological polar surface area (TPSA) is 85.6 Å². The van der Waals surface area contributed by atoms with Gasteiger partial charge in [-0.25, -0.2) is 0 Å². The van der Waals surface area contributed by atoms with Gasteiger partial charge in [0.25, 0.3) is 0 Å². The average Bonchev–Trinajstić information content (AvgIpc) is 3.24. The number of Topliss-reactive ketones (excluding diaryl/α,β-unsaturated/α-hetero) is 1. The lowest BCUT2D eigenvalue weighted by atomic mass is 9.44. The second-order valence-corrected chi connectivity index (χ2v) is 13.1. The summed E-state index contributed by atoms with van der Waals surface area (Å²) >= 11 is 0. The first kappa shape index (κ1) is 28.5. The van der Waals surface area contributed by atoms with Crippen LogP contribution in [0.5, 0.6) is 5.75 Å². The number of hydrogen-bond donors (Lipinski definition) is 3. The highest BCUT2D eigenvalue weighted by Crippen LogP contribution is 2.68. The Hall–Kier alpha value is -2.00. The standard InChI is InChI=1S/C30H44F3N3O3/c1-18-10-13-29(17-38-3)19(14-18)4-6-21-22-7-8-24(28(22,2)12-11-23(21)29)27(37)16-35-25-9-5-20(15-26(25)36-34)39-30(31,32)33/h5,9,15,18-19,21-24,35-36H,4,6-8,10-14,16-17,34H2,1-3H3. The number of alkyl halides is 3. The van der Waals surface area contributed by atoms with E-state index < -0.39 is 6.36 Å². The fourth-order valence-electron chi connectivity index (χ4n) is 9.64. The molecule has 4 fully saturated rings. The lowest BCUT2D eigenvalue weighted by Gasteiger charge is -2.62. The first-order valence-electron chi connectivity index (χ1n) is 14.6. The van der Waals surface area contributed by atoms with Crippen molar-refractivity contribution >= 4 is 17.2 Å². The van der Waals surface area contributed by atoms with E-state index in [9.17, 15) is 18.0 Å². The molecule has 0 radical (unpaired) electrons. The molecule has 4 aliphatic carbocycles. The predicted molar refractivity (Wildman–Crippen MR) is 145 cm³/mol. The Morgan fingerprint density at radius 2 is 1.87 bits per heavy atom. The molecule has 4 N–H and O–H groups in total. The third kappa shape index (κ3) is 5.25. The van der Waals surface area contributed by atoms with E-state index in [1.165, 1.54) is 56.7 Å². The van der Waals surface area contributed by atoms with E-state index in [-0.39, 0.29) is 35.1 Å². The lowest BCUT2D eigenvalue weighted by Crippen LogP contribution is -2.56. The van der Waals surface area contributed by atoms with Crippen LogP contribution < -0.4 is 21.3 Å². The zero-order valence-electron chi connectivity index (χ0n) is 23.4. The number of halogens is 3. The maximum absolute atomic E-state index is 13.6. The van der Waals surface area contributed by atoms with Gasteiger partial charge in [0.1, 0.15) is 5.75 Å². The van der Waals surface area contributed by atoms with Gasteiger partial charge in [0.2, 0.25) is 0 Å². The molecule has 8 unspecified atom stereocenters. The summed E-state index contributed by atoms with van der Waals surface area (Å²) in [6.07, 6.45) is 5.89. The molecule has 4 saturated carbocycles. The molecule has 1 aromatic carbocycles. The van der Waals surface area contributed by atoms with Gasteiger partial charge in [-0.2, -0.15) is 0 Å². The molecule has 0 spiro atoms. The van der Waals surface area contributed by atoms with Gasteiger partial charge in [-0.05, 0) is 104 Å². The summed E-state index contributed by atoms with van der Waals surface area (Å²) in [5, 5.41) is 3.12. The summed E-state index contributed by atoms with van der Waals surface area (Å²) in [6, 6.07) is 3.84. The van der Waals surface area contributed by atoms with E-state index in [2.05, 4.69) is 29.3 Å². The van der Waals surface area contributed by atoms with Gasteiger partial charge in [-0.1, -0.05) is 20.3 Å². The molecule has 0 amide bonds. The number of benzene rings is 1. The predicted octanol–water partition coefficient (Wildman–Crippen LogP) is 6.77. The third-order valence-corrected chi connectivity index (χ3v) is 11.3. The van der Waals surface area contributed by atoms with Crippen LogP contribution in [0.1, 0.15) is 71.6 Å². The van der Waals surface area contributed by atoms with Gasteiger partial charge >= 0.3 is 6.36 Å². The van der Waals surface area contributed by atoms with E-state index in [1.54, 1.807) is 0 Å². The number of rotatable bonds is 8. The zero-order chi connectivity index (χ0) is 28.0. The van der Waals surface area contributed by atoms with Gasteiger partial charge in [-0.15, -0.1) is 13.2 Å². The molecule has 0 heterocycles. The molecule has 218 valence electrons. The van der Waals surface area contributed by atoms with Gasteiger partial charge in [0.05, 0.1) is 24.5 Å². The van der Waals surface area contributed by atoms with Crippen LogP contribution in [0, 0.1) is 46.3 Å². The fourth-order valence-corrected chi connectivity index (χ4v) is 9.64. The van der Waals surface area contributed by atoms with Crippen molar-refractivity contribution in [2.24, 2.45) is 52.2 Å². The van der Waals surface area contributed by atoms with E-state index >= 15 is 0 Å². The molecular weight excluding hydrogens is 507 g/mol. The monoisotopic (exact) mass is 551 g/mol. The number of hydrogen-bond acceptors (Lipinski definition) is 6. The third-order valence-electron chi connectivity index (χ3n) is 11.3. The van der Waals surface area contributed by atoms with Crippen LogP contribution >= 0.6 is 0 Å².